The Balaban J connectivity index is 1.73. The number of para-hydroxylation sites is 2. The number of fused-ring (bicyclic) bond motifs is 10. The summed E-state index contributed by atoms with van der Waals surface area (Å²) in [5.74, 6) is -0.894. The van der Waals surface area contributed by atoms with Crippen LogP contribution in [0.15, 0.2) is 91.0 Å². The Morgan fingerprint density at radius 2 is 1.45 bits per heavy atom. The summed E-state index contributed by atoms with van der Waals surface area (Å²) in [4.78, 5) is 19.8. The van der Waals surface area contributed by atoms with Crippen molar-refractivity contribution < 1.29 is 13.6 Å². The lowest BCUT2D eigenvalue weighted by atomic mass is 9.74. The average Bonchev–Trinajstić information content (AvgIpc) is 3.34. The number of ketones is 1. The number of rotatable bonds is 1. The highest BCUT2D eigenvalue weighted by Gasteiger charge is 2.59. The summed E-state index contributed by atoms with van der Waals surface area (Å²) >= 11 is 0. The van der Waals surface area contributed by atoms with Gasteiger partial charge >= 0.3 is 0 Å². The molecule has 0 saturated carbocycles. The molecule has 5 aromatic rings. The van der Waals surface area contributed by atoms with Gasteiger partial charge < -0.3 is 9.88 Å². The van der Waals surface area contributed by atoms with Crippen LogP contribution in [0.25, 0.3) is 22.2 Å². The third-order valence-electron chi connectivity index (χ3n) is 6.85. The quantitative estimate of drug-likeness (QED) is 0.319. The van der Waals surface area contributed by atoms with E-state index in [0.29, 0.717) is 22.5 Å². The van der Waals surface area contributed by atoms with Crippen LogP contribution in [0, 0.1) is 11.6 Å². The summed E-state index contributed by atoms with van der Waals surface area (Å²) in [6.45, 7) is 0. The molecule has 3 nitrogen and oxygen atoms in total. The van der Waals surface area contributed by atoms with Gasteiger partial charge in [0, 0.05) is 27.6 Å². The molecule has 0 bridgehead atoms. The second-order valence-electron chi connectivity index (χ2n) is 8.48. The molecular weight excluding hydrogens is 418 g/mol. The molecule has 0 fully saturated rings. The van der Waals surface area contributed by atoms with Gasteiger partial charge in [-0.3, -0.25) is 4.79 Å². The predicted octanol–water partition coefficient (Wildman–Crippen LogP) is 6.70. The Labute approximate surface area is 187 Å². The highest BCUT2D eigenvalue weighted by atomic mass is 19.1. The van der Waals surface area contributed by atoms with Gasteiger partial charge in [0.2, 0.25) is 0 Å². The standard InChI is InChI=1S/C28H16F2N2O/c29-17-11-9-16(10-12-17)28-25-19-5-1-3-7-22(19)31-26(25)20-14-13-18(30)15-24(20)32(28)23-8-4-2-6-21(23)27(28)33/h1-15,31H. The zero-order valence-corrected chi connectivity index (χ0v) is 17.3. The highest BCUT2D eigenvalue weighted by Crippen LogP contribution is 2.61. The molecule has 1 atom stereocenters. The van der Waals surface area contributed by atoms with Crippen molar-refractivity contribution in [3.05, 3.63) is 119 Å². The second-order valence-corrected chi connectivity index (χ2v) is 8.48. The maximum Gasteiger partial charge on any atom is 0.200 e. The molecule has 0 aliphatic carbocycles. The van der Waals surface area contributed by atoms with Gasteiger partial charge in [0.25, 0.3) is 0 Å². The van der Waals surface area contributed by atoms with E-state index in [1.54, 1.807) is 24.3 Å². The van der Waals surface area contributed by atoms with Crippen molar-refractivity contribution in [2.75, 3.05) is 4.90 Å². The van der Waals surface area contributed by atoms with Crippen LogP contribution in [0.5, 0.6) is 0 Å². The number of hydrogen-bond acceptors (Lipinski definition) is 2. The summed E-state index contributed by atoms with van der Waals surface area (Å²) in [7, 11) is 0. The molecule has 158 valence electrons. The van der Waals surface area contributed by atoms with Crippen molar-refractivity contribution >= 4 is 28.1 Å². The fraction of sp³-hybridized carbons (Fsp3) is 0.0357. The number of nitrogens with zero attached hydrogens (tertiary/aromatic N) is 1. The molecule has 7 rings (SSSR count). The zero-order valence-electron chi connectivity index (χ0n) is 17.3. The number of carbonyl (C=O) groups is 1. The lowest BCUT2D eigenvalue weighted by Crippen LogP contribution is -2.48. The number of H-pyrrole nitrogens is 1. The van der Waals surface area contributed by atoms with Crippen molar-refractivity contribution in [3.63, 3.8) is 0 Å². The molecule has 3 heterocycles. The van der Waals surface area contributed by atoms with Crippen LogP contribution in [0.3, 0.4) is 0 Å². The van der Waals surface area contributed by atoms with E-state index in [1.165, 1.54) is 24.3 Å². The van der Waals surface area contributed by atoms with E-state index in [0.717, 1.165) is 27.7 Å². The maximum absolute atomic E-state index is 14.6. The van der Waals surface area contributed by atoms with Gasteiger partial charge in [0.1, 0.15) is 11.6 Å². The monoisotopic (exact) mass is 434 g/mol. The molecule has 5 heteroatoms. The molecule has 0 amide bonds. The van der Waals surface area contributed by atoms with E-state index in [2.05, 4.69) is 4.98 Å². The van der Waals surface area contributed by atoms with Crippen molar-refractivity contribution in [2.24, 2.45) is 0 Å². The fourth-order valence-electron chi connectivity index (χ4n) is 5.59. The summed E-state index contributed by atoms with van der Waals surface area (Å²) in [5, 5.41) is 0.901. The molecule has 0 spiro atoms. The Morgan fingerprint density at radius 3 is 2.30 bits per heavy atom. The van der Waals surface area contributed by atoms with Crippen molar-refractivity contribution in [1.29, 1.82) is 0 Å². The summed E-state index contributed by atoms with van der Waals surface area (Å²) in [5.41, 5.74) is 4.44. The van der Waals surface area contributed by atoms with Gasteiger partial charge in [-0.1, -0.05) is 42.5 Å². The number of nitrogens with one attached hydrogen (secondary N) is 1. The Morgan fingerprint density at radius 1 is 0.727 bits per heavy atom. The minimum Gasteiger partial charge on any atom is -0.354 e. The van der Waals surface area contributed by atoms with Gasteiger partial charge in [-0.2, -0.15) is 0 Å². The topological polar surface area (TPSA) is 36.1 Å². The number of halogens is 2. The second kappa shape index (κ2) is 6.17. The lowest BCUT2D eigenvalue weighted by Gasteiger charge is -2.44. The van der Waals surface area contributed by atoms with Gasteiger partial charge in [-0.15, -0.1) is 0 Å². The molecule has 2 aliphatic heterocycles. The van der Waals surface area contributed by atoms with E-state index in [-0.39, 0.29) is 11.6 Å². The molecule has 0 saturated heterocycles. The molecule has 1 aromatic heterocycles. The molecule has 4 aromatic carbocycles. The maximum atomic E-state index is 14.6. The van der Waals surface area contributed by atoms with Gasteiger partial charge in [-0.05, 0) is 54.1 Å². The first-order valence-corrected chi connectivity index (χ1v) is 10.7. The van der Waals surface area contributed by atoms with Crippen molar-refractivity contribution in [1.82, 2.24) is 4.98 Å². The molecular formula is C28H16F2N2O. The SMILES string of the molecule is O=C1c2ccccc2N2c3cc(F)ccc3-c3[nH]c4ccccc4c3C12c1ccc(F)cc1. The Kier molecular flexibility index (Phi) is 3.43. The summed E-state index contributed by atoms with van der Waals surface area (Å²) in [6, 6.07) is 25.9. The minimum atomic E-state index is -1.30. The number of Topliss-reactive ketones (excluding diaryl/α,β-unsaturated/α-hetero) is 1. The molecule has 33 heavy (non-hydrogen) atoms. The van der Waals surface area contributed by atoms with Crippen LogP contribution < -0.4 is 4.90 Å². The van der Waals surface area contributed by atoms with E-state index in [4.69, 9.17) is 0 Å². The van der Waals surface area contributed by atoms with E-state index >= 15 is 0 Å². The van der Waals surface area contributed by atoms with E-state index in [9.17, 15) is 13.6 Å². The van der Waals surface area contributed by atoms with Crippen LogP contribution in [-0.4, -0.2) is 10.8 Å². The predicted molar refractivity (Wildman–Crippen MR) is 124 cm³/mol. The number of carbonyl (C=O) groups excluding carboxylic acids is 1. The number of aromatic nitrogens is 1. The lowest BCUT2D eigenvalue weighted by molar-refractivity contribution is 0.0931. The first-order chi connectivity index (χ1) is 16.1. The van der Waals surface area contributed by atoms with Crippen molar-refractivity contribution in [3.8, 4) is 11.3 Å². The van der Waals surface area contributed by atoms with Gasteiger partial charge in [-0.25, -0.2) is 8.78 Å². The fourth-order valence-corrected chi connectivity index (χ4v) is 5.59. The van der Waals surface area contributed by atoms with Gasteiger partial charge in [0.05, 0.1) is 17.1 Å². The van der Waals surface area contributed by atoms with Gasteiger partial charge in [0.15, 0.2) is 11.3 Å². The largest absolute Gasteiger partial charge is 0.354 e. The number of benzene rings is 4. The first kappa shape index (κ1) is 18.3. The van der Waals surface area contributed by atoms with Crippen LogP contribution in [0.2, 0.25) is 0 Å². The average molecular weight is 434 g/mol. The van der Waals surface area contributed by atoms with Crippen LogP contribution in [-0.2, 0) is 5.54 Å². The van der Waals surface area contributed by atoms with Crippen LogP contribution >= 0.6 is 0 Å². The Bertz CT molecular complexity index is 1620. The zero-order chi connectivity index (χ0) is 22.3. The van der Waals surface area contributed by atoms with Crippen LogP contribution in [0.1, 0.15) is 21.5 Å². The third-order valence-corrected chi connectivity index (χ3v) is 6.85. The first-order valence-electron chi connectivity index (χ1n) is 10.7. The number of anilines is 2. The highest BCUT2D eigenvalue weighted by molar-refractivity contribution is 6.22. The molecule has 1 N–H and O–H groups in total. The van der Waals surface area contributed by atoms with E-state index in [1.807, 2.05) is 47.4 Å². The molecule has 2 aliphatic rings. The smallest absolute Gasteiger partial charge is 0.200 e. The molecule has 1 unspecified atom stereocenters. The third kappa shape index (κ3) is 2.14. The summed E-state index contributed by atoms with van der Waals surface area (Å²) in [6.07, 6.45) is 0. The van der Waals surface area contributed by atoms with Crippen molar-refractivity contribution in [2.45, 2.75) is 5.54 Å². The van der Waals surface area contributed by atoms with Crippen LogP contribution in [0.4, 0.5) is 20.2 Å². The summed E-state index contributed by atoms with van der Waals surface area (Å²) < 4.78 is 28.6. The Hall–Kier alpha value is -4.25. The number of hydrogen-bond donors (Lipinski definition) is 1. The molecule has 0 radical (unpaired) electrons. The number of aromatic amines is 1. The normalized spacial score (nSPS) is 18.1. The minimum absolute atomic E-state index is 0.120. The van der Waals surface area contributed by atoms with E-state index < -0.39 is 11.4 Å².